The maximum atomic E-state index is 12.8. The van der Waals surface area contributed by atoms with Crippen LogP contribution in [0.5, 0.6) is 5.75 Å². The van der Waals surface area contributed by atoms with E-state index in [-0.39, 0.29) is 18.1 Å². The molecule has 2 aromatic rings. The Kier molecular flexibility index (Phi) is 7.53. The van der Waals surface area contributed by atoms with Gasteiger partial charge in [-0.25, -0.2) is 0 Å². The van der Waals surface area contributed by atoms with Gasteiger partial charge in [0.1, 0.15) is 5.75 Å². The van der Waals surface area contributed by atoms with E-state index >= 15 is 0 Å². The fraction of sp³-hybridized carbons (Fsp3) is 0.435. The monoisotopic (exact) mass is 416 g/mol. The van der Waals surface area contributed by atoms with E-state index in [1.54, 1.807) is 13.2 Å². The highest BCUT2D eigenvalue weighted by Crippen LogP contribution is 2.31. The number of carbonyl (C=O) groups is 1. The Morgan fingerprint density at radius 3 is 2.59 bits per heavy atom. The van der Waals surface area contributed by atoms with Gasteiger partial charge in [-0.2, -0.15) is 0 Å². The van der Waals surface area contributed by atoms with Gasteiger partial charge in [-0.15, -0.1) is 0 Å². The van der Waals surface area contributed by atoms with E-state index in [0.717, 1.165) is 31.5 Å². The standard InChI is InChI=1S/C23H29ClN2O3/c1-16-13-21(22(28-3)14-20(16)24)25-23(27)17(2)26-11-9-19(10-12-26)29-15-18-7-5-4-6-8-18/h4-8,13-14,17,19H,9-12,15H2,1-3H3,(H,25,27). The molecule has 1 saturated heterocycles. The van der Waals surface area contributed by atoms with Gasteiger partial charge in [-0.05, 0) is 43.9 Å². The molecule has 1 aliphatic heterocycles. The van der Waals surface area contributed by atoms with Crippen molar-refractivity contribution in [1.29, 1.82) is 0 Å². The van der Waals surface area contributed by atoms with Crippen LogP contribution in [0.4, 0.5) is 5.69 Å². The van der Waals surface area contributed by atoms with Gasteiger partial charge in [-0.1, -0.05) is 41.9 Å². The van der Waals surface area contributed by atoms with Gasteiger partial charge in [0, 0.05) is 24.2 Å². The molecule has 0 aromatic heterocycles. The van der Waals surface area contributed by atoms with Crippen molar-refractivity contribution < 1.29 is 14.3 Å². The number of amides is 1. The molecule has 0 bridgehead atoms. The number of anilines is 1. The summed E-state index contributed by atoms with van der Waals surface area (Å²) in [6.07, 6.45) is 2.09. The minimum absolute atomic E-state index is 0.0475. The van der Waals surface area contributed by atoms with E-state index in [2.05, 4.69) is 22.3 Å². The van der Waals surface area contributed by atoms with Crippen LogP contribution >= 0.6 is 11.6 Å². The molecule has 0 saturated carbocycles. The minimum atomic E-state index is -0.231. The maximum Gasteiger partial charge on any atom is 0.241 e. The van der Waals surface area contributed by atoms with Crippen LogP contribution in [-0.4, -0.2) is 43.2 Å². The Balaban J connectivity index is 1.50. The summed E-state index contributed by atoms with van der Waals surface area (Å²) in [6.45, 7) is 6.16. The lowest BCUT2D eigenvalue weighted by molar-refractivity contribution is -0.122. The highest BCUT2D eigenvalue weighted by Gasteiger charge is 2.27. The zero-order valence-electron chi connectivity index (χ0n) is 17.3. The first kappa shape index (κ1) is 21.6. The van der Waals surface area contributed by atoms with E-state index in [9.17, 15) is 4.79 Å². The number of piperidine rings is 1. The van der Waals surface area contributed by atoms with Gasteiger partial charge in [0.2, 0.25) is 5.91 Å². The Bertz CT molecular complexity index is 820. The van der Waals surface area contributed by atoms with Crippen LogP contribution in [0.1, 0.15) is 30.9 Å². The molecular weight excluding hydrogens is 388 g/mol. The first-order valence-electron chi connectivity index (χ1n) is 10.0. The van der Waals surface area contributed by atoms with Gasteiger partial charge in [0.05, 0.1) is 31.5 Å². The second-order valence-corrected chi connectivity index (χ2v) is 7.91. The number of carbonyl (C=O) groups excluding carboxylic acids is 1. The number of halogens is 1. The van der Waals surface area contributed by atoms with Crippen molar-refractivity contribution in [3.05, 3.63) is 58.6 Å². The van der Waals surface area contributed by atoms with Crippen LogP contribution in [0.3, 0.4) is 0 Å². The summed E-state index contributed by atoms with van der Waals surface area (Å²) in [7, 11) is 1.57. The van der Waals surface area contributed by atoms with Gasteiger partial charge >= 0.3 is 0 Å². The van der Waals surface area contributed by atoms with Crippen LogP contribution < -0.4 is 10.1 Å². The first-order chi connectivity index (χ1) is 14.0. The summed E-state index contributed by atoms with van der Waals surface area (Å²) in [4.78, 5) is 15.0. The number of benzene rings is 2. The van der Waals surface area contributed by atoms with Crippen molar-refractivity contribution >= 4 is 23.2 Å². The fourth-order valence-corrected chi connectivity index (χ4v) is 3.70. The van der Waals surface area contributed by atoms with E-state index in [0.29, 0.717) is 23.1 Å². The average Bonchev–Trinajstić information content (AvgIpc) is 2.75. The van der Waals surface area contributed by atoms with Gasteiger partial charge in [0.25, 0.3) is 0 Å². The molecule has 1 atom stereocenters. The number of nitrogens with zero attached hydrogens (tertiary/aromatic N) is 1. The van der Waals surface area contributed by atoms with E-state index in [4.69, 9.17) is 21.1 Å². The molecule has 1 fully saturated rings. The number of hydrogen-bond donors (Lipinski definition) is 1. The van der Waals surface area contributed by atoms with Crippen LogP contribution in [0, 0.1) is 6.92 Å². The topological polar surface area (TPSA) is 50.8 Å². The van der Waals surface area contributed by atoms with Crippen molar-refractivity contribution in [2.75, 3.05) is 25.5 Å². The Labute approximate surface area is 177 Å². The predicted molar refractivity (Wildman–Crippen MR) is 117 cm³/mol. The van der Waals surface area contributed by atoms with E-state index < -0.39 is 0 Å². The highest BCUT2D eigenvalue weighted by atomic mass is 35.5. The molecule has 3 rings (SSSR count). The number of rotatable bonds is 7. The van der Waals surface area contributed by atoms with Crippen molar-refractivity contribution in [3.8, 4) is 5.75 Å². The number of likely N-dealkylation sites (tertiary alicyclic amines) is 1. The van der Waals surface area contributed by atoms with Crippen LogP contribution in [-0.2, 0) is 16.1 Å². The molecule has 0 spiro atoms. The zero-order chi connectivity index (χ0) is 20.8. The van der Waals surface area contributed by atoms with Gasteiger partial charge < -0.3 is 14.8 Å². The molecule has 29 heavy (non-hydrogen) atoms. The molecule has 1 heterocycles. The summed E-state index contributed by atoms with van der Waals surface area (Å²) in [5.74, 6) is 0.517. The molecule has 156 valence electrons. The molecule has 1 N–H and O–H groups in total. The fourth-order valence-electron chi connectivity index (χ4n) is 3.55. The second kappa shape index (κ2) is 10.1. The second-order valence-electron chi connectivity index (χ2n) is 7.50. The lowest BCUT2D eigenvalue weighted by atomic mass is 10.1. The molecule has 6 heteroatoms. The molecule has 0 aliphatic carbocycles. The Morgan fingerprint density at radius 2 is 1.93 bits per heavy atom. The largest absolute Gasteiger partial charge is 0.495 e. The summed E-state index contributed by atoms with van der Waals surface area (Å²) >= 11 is 6.15. The van der Waals surface area contributed by atoms with Gasteiger partial charge in [0.15, 0.2) is 0 Å². The van der Waals surface area contributed by atoms with Gasteiger partial charge in [-0.3, -0.25) is 9.69 Å². The number of nitrogens with one attached hydrogen (secondary N) is 1. The summed E-state index contributed by atoms with van der Waals surface area (Å²) in [5.41, 5.74) is 2.73. The third-order valence-corrected chi connectivity index (χ3v) is 5.88. The summed E-state index contributed by atoms with van der Waals surface area (Å²) in [6, 6.07) is 13.6. The molecule has 1 amide bonds. The molecule has 2 aromatic carbocycles. The number of ether oxygens (including phenoxy) is 2. The average molecular weight is 417 g/mol. The predicted octanol–water partition coefficient (Wildman–Crippen LogP) is 4.67. The Morgan fingerprint density at radius 1 is 1.24 bits per heavy atom. The lowest BCUT2D eigenvalue weighted by Crippen LogP contribution is -2.47. The third-order valence-electron chi connectivity index (χ3n) is 5.47. The summed E-state index contributed by atoms with van der Waals surface area (Å²) in [5, 5.41) is 3.61. The third kappa shape index (κ3) is 5.72. The van der Waals surface area contributed by atoms with Crippen molar-refractivity contribution in [1.82, 2.24) is 4.90 Å². The van der Waals surface area contributed by atoms with Crippen LogP contribution in [0.15, 0.2) is 42.5 Å². The normalized spacial score (nSPS) is 16.4. The number of methoxy groups -OCH3 is 1. The van der Waals surface area contributed by atoms with Crippen LogP contribution in [0.2, 0.25) is 5.02 Å². The quantitative estimate of drug-likeness (QED) is 0.712. The summed E-state index contributed by atoms with van der Waals surface area (Å²) < 4.78 is 11.4. The minimum Gasteiger partial charge on any atom is -0.495 e. The molecule has 1 unspecified atom stereocenters. The molecule has 0 radical (unpaired) electrons. The number of aryl methyl sites for hydroxylation is 1. The first-order valence-corrected chi connectivity index (χ1v) is 10.4. The lowest BCUT2D eigenvalue weighted by Gasteiger charge is -2.35. The van der Waals surface area contributed by atoms with Crippen molar-refractivity contribution in [3.63, 3.8) is 0 Å². The molecular formula is C23H29ClN2O3. The zero-order valence-corrected chi connectivity index (χ0v) is 18.0. The van der Waals surface area contributed by atoms with E-state index in [1.807, 2.05) is 38.1 Å². The van der Waals surface area contributed by atoms with Crippen molar-refractivity contribution in [2.45, 2.75) is 45.4 Å². The highest BCUT2D eigenvalue weighted by molar-refractivity contribution is 6.31. The smallest absolute Gasteiger partial charge is 0.241 e. The molecule has 1 aliphatic rings. The molecule has 5 nitrogen and oxygen atoms in total. The maximum absolute atomic E-state index is 12.8. The van der Waals surface area contributed by atoms with Crippen molar-refractivity contribution in [2.24, 2.45) is 0 Å². The number of hydrogen-bond acceptors (Lipinski definition) is 4. The van der Waals surface area contributed by atoms with Crippen LogP contribution in [0.25, 0.3) is 0 Å². The Hall–Kier alpha value is -2.08. The van der Waals surface area contributed by atoms with E-state index in [1.165, 1.54) is 5.56 Å². The SMILES string of the molecule is COc1cc(Cl)c(C)cc1NC(=O)C(C)N1CCC(OCc2ccccc2)CC1.